The van der Waals surface area contributed by atoms with E-state index in [9.17, 15) is 13.2 Å². The van der Waals surface area contributed by atoms with E-state index in [0.717, 1.165) is 0 Å². The average molecular weight is 489 g/mol. The Balaban J connectivity index is 1.40. The molecule has 1 heterocycles. The number of nitrogens with zero attached hydrogens (tertiary/aromatic N) is 1. The quantitative estimate of drug-likeness (QED) is 0.545. The van der Waals surface area contributed by atoms with Gasteiger partial charge in [0.25, 0.3) is 5.91 Å². The molecular formula is C20H22Cl2N2O6S. The van der Waals surface area contributed by atoms with Crippen LogP contribution >= 0.6 is 23.2 Å². The summed E-state index contributed by atoms with van der Waals surface area (Å²) in [5, 5.41) is 3.46. The molecule has 1 saturated heterocycles. The molecule has 8 nitrogen and oxygen atoms in total. The van der Waals surface area contributed by atoms with Gasteiger partial charge < -0.3 is 19.5 Å². The van der Waals surface area contributed by atoms with E-state index in [1.54, 1.807) is 24.3 Å². The van der Waals surface area contributed by atoms with Crippen LogP contribution in [0, 0.1) is 0 Å². The Morgan fingerprint density at radius 3 is 2.45 bits per heavy atom. The Bertz CT molecular complexity index is 995. The normalized spacial score (nSPS) is 14.8. The van der Waals surface area contributed by atoms with Crippen molar-refractivity contribution < 1.29 is 27.4 Å². The summed E-state index contributed by atoms with van der Waals surface area (Å²) >= 11 is 11.8. The second-order valence-electron chi connectivity index (χ2n) is 6.55. The lowest BCUT2D eigenvalue weighted by Gasteiger charge is -2.26. The van der Waals surface area contributed by atoms with Gasteiger partial charge in [0.1, 0.15) is 18.1 Å². The number of hydrogen-bond donors (Lipinski definition) is 1. The molecule has 0 unspecified atom stereocenters. The van der Waals surface area contributed by atoms with Gasteiger partial charge in [0.15, 0.2) is 6.61 Å². The molecule has 3 rings (SSSR count). The molecule has 0 spiro atoms. The van der Waals surface area contributed by atoms with Gasteiger partial charge in [-0.15, -0.1) is 0 Å². The number of ether oxygens (including phenoxy) is 3. The van der Waals surface area contributed by atoms with Crippen molar-refractivity contribution in [3.8, 4) is 11.5 Å². The second-order valence-corrected chi connectivity index (χ2v) is 9.33. The van der Waals surface area contributed by atoms with E-state index in [1.807, 2.05) is 0 Å². The summed E-state index contributed by atoms with van der Waals surface area (Å²) in [4.78, 5) is 12.1. The predicted molar refractivity (Wildman–Crippen MR) is 116 cm³/mol. The minimum absolute atomic E-state index is 0.199. The van der Waals surface area contributed by atoms with Gasteiger partial charge in [-0.25, -0.2) is 8.42 Å². The zero-order chi connectivity index (χ0) is 22.3. The van der Waals surface area contributed by atoms with Crippen LogP contribution in [0.25, 0.3) is 0 Å². The van der Waals surface area contributed by atoms with E-state index < -0.39 is 10.0 Å². The molecule has 1 aliphatic rings. The molecule has 168 valence electrons. The lowest BCUT2D eigenvalue weighted by molar-refractivity contribution is -0.123. The van der Waals surface area contributed by atoms with Crippen LogP contribution in [0.15, 0.2) is 47.4 Å². The van der Waals surface area contributed by atoms with Crippen molar-refractivity contribution in [3.05, 3.63) is 52.5 Å². The van der Waals surface area contributed by atoms with Crippen molar-refractivity contribution in [2.45, 2.75) is 4.90 Å². The molecule has 0 aromatic heterocycles. The lowest BCUT2D eigenvalue weighted by atomic mass is 10.3. The molecule has 0 radical (unpaired) electrons. The number of carbonyl (C=O) groups is 1. The fraction of sp³-hybridized carbons (Fsp3) is 0.350. The Hall–Kier alpha value is -2.04. The number of hydrogen-bond acceptors (Lipinski definition) is 6. The standard InChI is InChI=1S/C20H22Cl2N2O6S/c21-15-1-6-19(18(22)13-15)30-14-20(25)23-7-10-29-16-2-4-17(5-3-16)31(26,27)24-8-11-28-12-9-24/h1-6,13H,7-12,14H2,(H,23,25). The molecule has 2 aromatic rings. The number of benzene rings is 2. The van der Waals surface area contributed by atoms with Crippen LogP contribution < -0.4 is 14.8 Å². The minimum Gasteiger partial charge on any atom is -0.492 e. The van der Waals surface area contributed by atoms with Crippen LogP contribution in [0.4, 0.5) is 0 Å². The maximum Gasteiger partial charge on any atom is 0.258 e. The number of morpholine rings is 1. The van der Waals surface area contributed by atoms with Gasteiger partial charge in [0.2, 0.25) is 10.0 Å². The van der Waals surface area contributed by atoms with Gasteiger partial charge >= 0.3 is 0 Å². The van der Waals surface area contributed by atoms with E-state index in [4.69, 9.17) is 37.4 Å². The highest BCUT2D eigenvalue weighted by Gasteiger charge is 2.26. The average Bonchev–Trinajstić information content (AvgIpc) is 2.77. The van der Waals surface area contributed by atoms with E-state index in [0.29, 0.717) is 47.8 Å². The Morgan fingerprint density at radius 2 is 1.77 bits per heavy atom. The fourth-order valence-electron chi connectivity index (χ4n) is 2.79. The zero-order valence-corrected chi connectivity index (χ0v) is 18.9. The number of halogens is 2. The molecule has 0 aliphatic carbocycles. The van der Waals surface area contributed by atoms with Crippen LogP contribution in [0.5, 0.6) is 11.5 Å². The number of carbonyl (C=O) groups excluding carboxylic acids is 1. The van der Waals surface area contributed by atoms with Crippen molar-refractivity contribution in [2.24, 2.45) is 0 Å². The number of nitrogens with one attached hydrogen (secondary N) is 1. The van der Waals surface area contributed by atoms with Crippen LogP contribution in [0.1, 0.15) is 0 Å². The van der Waals surface area contributed by atoms with Crippen molar-refractivity contribution in [1.29, 1.82) is 0 Å². The highest BCUT2D eigenvalue weighted by molar-refractivity contribution is 7.89. The lowest BCUT2D eigenvalue weighted by Crippen LogP contribution is -2.40. The van der Waals surface area contributed by atoms with Gasteiger partial charge in [-0.1, -0.05) is 23.2 Å². The maximum atomic E-state index is 12.6. The number of rotatable bonds is 9. The van der Waals surface area contributed by atoms with Crippen molar-refractivity contribution in [1.82, 2.24) is 9.62 Å². The molecule has 0 saturated carbocycles. The first-order chi connectivity index (χ1) is 14.9. The third-order valence-electron chi connectivity index (χ3n) is 4.38. The second kappa shape index (κ2) is 11.0. The van der Waals surface area contributed by atoms with Gasteiger partial charge in [-0.3, -0.25) is 4.79 Å². The van der Waals surface area contributed by atoms with Gasteiger partial charge in [-0.05, 0) is 42.5 Å². The Kier molecular flexibility index (Phi) is 8.39. The van der Waals surface area contributed by atoms with Crippen LogP contribution in [0.3, 0.4) is 0 Å². The highest BCUT2D eigenvalue weighted by atomic mass is 35.5. The molecule has 1 amide bonds. The summed E-state index contributed by atoms with van der Waals surface area (Å²) in [5.41, 5.74) is 0. The summed E-state index contributed by atoms with van der Waals surface area (Å²) in [6, 6.07) is 10.9. The first kappa shape index (κ1) is 23.6. The summed E-state index contributed by atoms with van der Waals surface area (Å²) in [6.07, 6.45) is 0. The Labute approximate surface area is 191 Å². The molecule has 31 heavy (non-hydrogen) atoms. The molecule has 1 N–H and O–H groups in total. The fourth-order valence-corrected chi connectivity index (χ4v) is 4.66. The van der Waals surface area contributed by atoms with Crippen LogP contribution in [-0.2, 0) is 19.6 Å². The molecular weight excluding hydrogens is 467 g/mol. The minimum atomic E-state index is -3.54. The van der Waals surface area contributed by atoms with Gasteiger partial charge in [0.05, 0.1) is 29.7 Å². The van der Waals surface area contributed by atoms with Crippen LogP contribution in [0.2, 0.25) is 10.0 Å². The molecule has 1 aliphatic heterocycles. The van der Waals surface area contributed by atoms with Crippen molar-refractivity contribution >= 4 is 39.1 Å². The van der Waals surface area contributed by atoms with E-state index in [-0.39, 0.29) is 30.6 Å². The number of sulfonamides is 1. The van der Waals surface area contributed by atoms with Crippen molar-refractivity contribution in [3.63, 3.8) is 0 Å². The summed E-state index contributed by atoms with van der Waals surface area (Å²) in [5.74, 6) is 0.533. The first-order valence-corrected chi connectivity index (χ1v) is 11.7. The summed E-state index contributed by atoms with van der Waals surface area (Å²) < 4.78 is 42.7. The topological polar surface area (TPSA) is 94.2 Å². The van der Waals surface area contributed by atoms with E-state index >= 15 is 0 Å². The Morgan fingerprint density at radius 1 is 1.06 bits per heavy atom. The molecule has 11 heteroatoms. The van der Waals surface area contributed by atoms with Gasteiger partial charge in [-0.2, -0.15) is 4.31 Å². The third-order valence-corrected chi connectivity index (χ3v) is 6.82. The SMILES string of the molecule is O=C(COc1ccc(Cl)cc1Cl)NCCOc1ccc(S(=O)(=O)N2CCOCC2)cc1. The maximum absolute atomic E-state index is 12.6. The number of amides is 1. The molecule has 1 fully saturated rings. The summed E-state index contributed by atoms with van der Waals surface area (Å²) in [6.45, 7) is 1.74. The van der Waals surface area contributed by atoms with Gasteiger partial charge in [0, 0.05) is 18.1 Å². The highest BCUT2D eigenvalue weighted by Crippen LogP contribution is 2.27. The first-order valence-electron chi connectivity index (χ1n) is 9.51. The zero-order valence-electron chi connectivity index (χ0n) is 16.6. The molecule has 2 aromatic carbocycles. The molecule has 0 atom stereocenters. The van der Waals surface area contributed by atoms with Crippen molar-refractivity contribution in [2.75, 3.05) is 46.1 Å². The van der Waals surface area contributed by atoms with E-state index in [1.165, 1.54) is 22.5 Å². The third kappa shape index (κ3) is 6.72. The summed E-state index contributed by atoms with van der Waals surface area (Å²) in [7, 11) is -3.54. The predicted octanol–water partition coefficient (Wildman–Crippen LogP) is 2.59. The monoisotopic (exact) mass is 488 g/mol. The van der Waals surface area contributed by atoms with E-state index in [2.05, 4.69) is 5.32 Å². The molecule has 0 bridgehead atoms. The smallest absolute Gasteiger partial charge is 0.258 e. The largest absolute Gasteiger partial charge is 0.492 e. The van der Waals surface area contributed by atoms with Crippen LogP contribution in [-0.4, -0.2) is 64.7 Å².